The molecule has 0 aromatic heterocycles. The zero-order chi connectivity index (χ0) is 36.8. The summed E-state index contributed by atoms with van der Waals surface area (Å²) in [5.41, 5.74) is 13.5. The van der Waals surface area contributed by atoms with Gasteiger partial charge >= 0.3 is 41.6 Å². The standard InChI is InChI=1S/2C22H24Cl.C2H6Si.2ClH.Hf/c2*1-5-15-12-16-8-6-7-9-18(19(16)13-15)17-10-11-20(21(23)14-17)22(2,3)4;1-3-2;;;/h2*6-14,18H,5H2,1-4H3;1-2H3;2*1H;/q2*-1;;;;+2/p-2. The summed E-state index contributed by atoms with van der Waals surface area (Å²) in [5, 5.41) is 1.73. The van der Waals surface area contributed by atoms with Gasteiger partial charge in [-0.2, -0.15) is 34.4 Å². The Morgan fingerprint density at radius 1 is 0.615 bits per heavy atom. The Morgan fingerprint density at radius 2 is 0.962 bits per heavy atom. The van der Waals surface area contributed by atoms with Gasteiger partial charge in [-0.1, -0.05) is 127 Å². The maximum atomic E-state index is 6.59. The van der Waals surface area contributed by atoms with Crippen molar-refractivity contribution >= 4 is 40.8 Å². The largest absolute Gasteiger partial charge is 1.00 e. The quantitative estimate of drug-likeness (QED) is 0.144. The molecule has 0 saturated heterocycles. The molecule has 6 heteroatoms. The SMILES string of the molecule is CCc1cc2c([cH-]1)C=CC=CC2c1ccc(C(C)(C)C)c(Cl)c1.CCc1cc2c([cH-]1)C=CC=CC2c1ccc(C(C)(C)C)c(Cl)c1.C[Si](C)=[Hf+2].[Cl-].[Cl-]. The van der Waals surface area contributed by atoms with Crippen LogP contribution < -0.4 is 24.8 Å². The Bertz CT molecular complexity index is 1780. The van der Waals surface area contributed by atoms with E-state index in [9.17, 15) is 0 Å². The number of hydrogen-bond donors (Lipinski definition) is 0. The van der Waals surface area contributed by atoms with Crippen LogP contribution in [0.5, 0.6) is 0 Å². The molecule has 6 rings (SSSR count). The number of benzene rings is 2. The summed E-state index contributed by atoms with van der Waals surface area (Å²) in [4.78, 5) is 0. The predicted octanol–water partition coefficient (Wildman–Crippen LogP) is 8.06. The van der Waals surface area contributed by atoms with Crippen LogP contribution in [0.2, 0.25) is 23.1 Å². The van der Waals surface area contributed by atoms with E-state index in [1.807, 2.05) is 0 Å². The minimum Gasteiger partial charge on any atom is -1.00 e. The molecule has 2 unspecified atom stereocenters. The van der Waals surface area contributed by atoms with Crippen molar-refractivity contribution in [2.75, 3.05) is 0 Å². The van der Waals surface area contributed by atoms with Crippen molar-refractivity contribution in [3.8, 4) is 0 Å². The van der Waals surface area contributed by atoms with Crippen LogP contribution in [0.15, 0.2) is 97.1 Å². The summed E-state index contributed by atoms with van der Waals surface area (Å²) in [6, 6.07) is 22.4. The molecule has 2 aliphatic rings. The Hall–Kier alpha value is -1.65. The smallest absolute Gasteiger partial charge is 1.00 e. The van der Waals surface area contributed by atoms with Crippen LogP contribution in [0.1, 0.15) is 123 Å². The number of allylic oxidation sites excluding steroid dienone is 6. The van der Waals surface area contributed by atoms with Crippen molar-refractivity contribution in [1.82, 2.24) is 0 Å². The molecule has 4 aromatic rings. The second-order valence-electron chi connectivity index (χ2n) is 15.7. The average molecular weight is 955 g/mol. The molecule has 0 radical (unpaired) electrons. The first-order valence-electron chi connectivity index (χ1n) is 17.9. The van der Waals surface area contributed by atoms with Crippen LogP contribution >= 0.6 is 23.2 Å². The third kappa shape index (κ3) is 12.2. The Kier molecular flexibility index (Phi) is 18.2. The van der Waals surface area contributed by atoms with Gasteiger partial charge in [0.2, 0.25) is 0 Å². The Balaban J connectivity index is 0.000000316. The van der Waals surface area contributed by atoms with Gasteiger partial charge < -0.3 is 24.8 Å². The second-order valence-corrected chi connectivity index (χ2v) is 29.3. The summed E-state index contributed by atoms with van der Waals surface area (Å²) in [6.07, 6.45) is 19.6. The van der Waals surface area contributed by atoms with E-state index in [1.54, 1.807) is 0 Å². The fourth-order valence-corrected chi connectivity index (χ4v) is 7.52. The molecular weight excluding hydrogens is 901 g/mol. The first-order chi connectivity index (χ1) is 23.5. The minimum atomic E-state index is 0. The van der Waals surface area contributed by atoms with Crippen molar-refractivity contribution < 1.29 is 47.8 Å². The molecular formula is C46H54Cl4HfSi-2. The second kappa shape index (κ2) is 20.3. The summed E-state index contributed by atoms with van der Waals surface area (Å²) in [6.45, 7) is 22.3. The van der Waals surface area contributed by atoms with Gasteiger partial charge in [0, 0.05) is 10.0 Å². The van der Waals surface area contributed by atoms with Crippen LogP contribution in [0, 0.1) is 0 Å². The molecule has 0 aliphatic heterocycles. The first kappa shape index (κ1) is 46.5. The van der Waals surface area contributed by atoms with E-state index >= 15 is 0 Å². The Labute approximate surface area is 352 Å². The van der Waals surface area contributed by atoms with Crippen LogP contribution in [0.4, 0.5) is 0 Å². The molecule has 0 bridgehead atoms. The van der Waals surface area contributed by atoms with E-state index in [-0.39, 0.29) is 53.0 Å². The topological polar surface area (TPSA) is 0 Å². The molecule has 52 heavy (non-hydrogen) atoms. The zero-order valence-corrected chi connectivity index (χ0v) is 40.1. The van der Waals surface area contributed by atoms with Crippen LogP contribution in [-0.4, -0.2) is 5.49 Å². The predicted molar refractivity (Wildman–Crippen MR) is 221 cm³/mol. The number of aryl methyl sites for hydroxylation is 2. The van der Waals surface area contributed by atoms with Crippen molar-refractivity contribution in [3.05, 3.63) is 163 Å². The van der Waals surface area contributed by atoms with Crippen molar-refractivity contribution in [2.45, 2.75) is 104 Å². The number of rotatable bonds is 4. The fraction of sp³-hybridized carbons (Fsp3) is 0.348. The van der Waals surface area contributed by atoms with E-state index in [0.717, 1.165) is 22.9 Å². The minimum absolute atomic E-state index is 0. The molecule has 0 nitrogen and oxygen atoms in total. The van der Waals surface area contributed by atoms with Gasteiger partial charge in [0.25, 0.3) is 0 Å². The van der Waals surface area contributed by atoms with E-state index in [0.29, 0.717) is 0 Å². The molecule has 0 amide bonds. The molecule has 0 heterocycles. The van der Waals surface area contributed by atoms with Gasteiger partial charge in [-0.25, -0.2) is 0 Å². The van der Waals surface area contributed by atoms with Crippen molar-refractivity contribution in [1.29, 1.82) is 0 Å². The maximum absolute atomic E-state index is 6.59. The summed E-state index contributed by atoms with van der Waals surface area (Å²) < 4.78 is 0. The molecule has 0 N–H and O–H groups in total. The van der Waals surface area contributed by atoms with Crippen LogP contribution in [-0.2, 0) is 46.7 Å². The third-order valence-corrected chi connectivity index (χ3v) is 9.84. The molecule has 4 aromatic carbocycles. The molecule has 2 atom stereocenters. The molecule has 0 saturated carbocycles. The van der Waals surface area contributed by atoms with Gasteiger partial charge in [0.1, 0.15) is 0 Å². The first-order valence-corrected chi connectivity index (χ1v) is 26.6. The van der Waals surface area contributed by atoms with Gasteiger partial charge in [-0.15, -0.1) is 47.6 Å². The normalized spacial score (nSPS) is 15.7. The van der Waals surface area contributed by atoms with E-state index in [1.165, 1.54) is 78.6 Å². The van der Waals surface area contributed by atoms with Crippen molar-refractivity contribution in [2.24, 2.45) is 0 Å². The number of halogens is 4. The monoisotopic (exact) mass is 954 g/mol. The third-order valence-electron chi connectivity index (χ3n) is 9.22. The van der Waals surface area contributed by atoms with E-state index in [2.05, 4.69) is 178 Å². The Morgan fingerprint density at radius 3 is 1.25 bits per heavy atom. The van der Waals surface area contributed by atoms with Gasteiger partial charge in [0.15, 0.2) is 0 Å². The number of fused-ring (bicyclic) bond motifs is 2. The fourth-order valence-electron chi connectivity index (χ4n) is 6.57. The summed E-state index contributed by atoms with van der Waals surface area (Å²) in [7, 11) is 0. The molecule has 2 aliphatic carbocycles. The van der Waals surface area contributed by atoms with Gasteiger partial charge in [0.05, 0.1) is 0 Å². The van der Waals surface area contributed by atoms with Gasteiger partial charge in [-0.3, -0.25) is 0 Å². The average Bonchev–Trinajstić information content (AvgIpc) is 3.51. The van der Waals surface area contributed by atoms with Crippen molar-refractivity contribution in [3.63, 3.8) is 0 Å². The maximum Gasteiger partial charge on any atom is -1.00 e. The van der Waals surface area contributed by atoms with E-state index < -0.39 is 0 Å². The molecule has 276 valence electrons. The molecule has 0 spiro atoms. The zero-order valence-electron chi connectivity index (χ0n) is 32.5. The van der Waals surface area contributed by atoms with Crippen LogP contribution in [0.3, 0.4) is 0 Å². The summed E-state index contributed by atoms with van der Waals surface area (Å²) >= 11 is 14.6. The molecule has 0 fully saturated rings. The van der Waals surface area contributed by atoms with E-state index in [4.69, 9.17) is 23.2 Å². The number of hydrogen-bond acceptors (Lipinski definition) is 0. The van der Waals surface area contributed by atoms with Crippen LogP contribution in [0.25, 0.3) is 12.2 Å². The summed E-state index contributed by atoms with van der Waals surface area (Å²) in [5.74, 6) is 0.540. The van der Waals surface area contributed by atoms with Gasteiger partial charge in [-0.05, 0) is 69.9 Å².